The van der Waals surface area contributed by atoms with Crippen LogP contribution in [0.2, 0.25) is 0 Å². The van der Waals surface area contributed by atoms with Crippen molar-refractivity contribution >= 4 is 29.5 Å². The number of rotatable bonds is 18. The molecule has 3 aliphatic heterocycles. The summed E-state index contributed by atoms with van der Waals surface area (Å²) in [5, 5.41) is 9.23. The molecule has 0 aromatic rings. The van der Waals surface area contributed by atoms with Gasteiger partial charge < -0.3 is 19.8 Å². The minimum absolute atomic E-state index is 0.0132. The molecule has 3 amide bonds. The fourth-order valence-electron chi connectivity index (χ4n) is 6.80. The maximum atomic E-state index is 14.3. The molecule has 0 saturated carbocycles. The SMILES string of the molecule is C=CCN(CCCCC)C(=O)C1N(CCCCCCO)C(=O)[C@@H]2[C@H](C(=O)N(CC=C)CCC)[C@@H]3CCC12S3. The summed E-state index contributed by atoms with van der Waals surface area (Å²) in [7, 11) is 0. The fraction of sp³-hybridized carbons (Fsp3) is 0.767. The van der Waals surface area contributed by atoms with Crippen molar-refractivity contribution in [3.63, 3.8) is 0 Å². The Labute approximate surface area is 234 Å². The van der Waals surface area contributed by atoms with Crippen molar-refractivity contribution in [3.8, 4) is 0 Å². The smallest absolute Gasteiger partial charge is 0.247 e. The zero-order chi connectivity index (χ0) is 27.7. The van der Waals surface area contributed by atoms with Gasteiger partial charge in [0.25, 0.3) is 0 Å². The van der Waals surface area contributed by atoms with E-state index in [-0.39, 0.29) is 35.5 Å². The van der Waals surface area contributed by atoms with Crippen LogP contribution >= 0.6 is 11.8 Å². The molecule has 2 bridgehead atoms. The quantitative estimate of drug-likeness (QED) is 0.205. The summed E-state index contributed by atoms with van der Waals surface area (Å²) in [5.74, 6) is -0.775. The number of likely N-dealkylation sites (tertiary alicyclic amines) is 1. The van der Waals surface area contributed by atoms with Crippen LogP contribution < -0.4 is 0 Å². The Morgan fingerprint density at radius 2 is 1.68 bits per heavy atom. The second kappa shape index (κ2) is 14.5. The van der Waals surface area contributed by atoms with Gasteiger partial charge in [-0.1, -0.05) is 51.7 Å². The molecule has 1 spiro atoms. The third-order valence-corrected chi connectivity index (χ3v) is 10.4. The minimum Gasteiger partial charge on any atom is -0.396 e. The van der Waals surface area contributed by atoms with E-state index < -0.39 is 16.7 Å². The molecule has 3 fully saturated rings. The Morgan fingerprint density at radius 3 is 2.32 bits per heavy atom. The molecular weight excluding hydrogens is 498 g/mol. The Kier molecular flexibility index (Phi) is 11.8. The van der Waals surface area contributed by atoms with E-state index in [2.05, 4.69) is 27.0 Å². The number of carbonyl (C=O) groups is 3. The van der Waals surface area contributed by atoms with Crippen molar-refractivity contribution in [1.82, 2.24) is 14.7 Å². The van der Waals surface area contributed by atoms with Crippen LogP contribution in [0, 0.1) is 11.8 Å². The number of hydrogen-bond acceptors (Lipinski definition) is 5. The third-order valence-electron chi connectivity index (χ3n) is 8.47. The average molecular weight is 548 g/mol. The summed E-state index contributed by atoms with van der Waals surface area (Å²) in [4.78, 5) is 48.0. The zero-order valence-electron chi connectivity index (χ0n) is 23.6. The summed E-state index contributed by atoms with van der Waals surface area (Å²) in [5.41, 5.74) is 0. The first-order valence-electron chi connectivity index (χ1n) is 14.8. The predicted octanol–water partition coefficient (Wildman–Crippen LogP) is 4.26. The Morgan fingerprint density at radius 1 is 1.00 bits per heavy atom. The highest BCUT2D eigenvalue weighted by Gasteiger charge is 2.73. The number of unbranched alkanes of at least 4 members (excludes halogenated alkanes) is 5. The van der Waals surface area contributed by atoms with Crippen LogP contribution in [0.1, 0.15) is 78.1 Å². The second-order valence-corrected chi connectivity index (χ2v) is 12.7. The van der Waals surface area contributed by atoms with E-state index in [9.17, 15) is 14.4 Å². The Balaban J connectivity index is 1.93. The summed E-state index contributed by atoms with van der Waals surface area (Å²) >= 11 is 1.75. The lowest BCUT2D eigenvalue weighted by molar-refractivity contribution is -0.144. The van der Waals surface area contributed by atoms with Gasteiger partial charge in [0.05, 0.1) is 16.6 Å². The summed E-state index contributed by atoms with van der Waals surface area (Å²) in [6.45, 7) is 14.9. The monoisotopic (exact) mass is 547 g/mol. The summed E-state index contributed by atoms with van der Waals surface area (Å²) in [6.07, 6.45) is 12.4. The highest BCUT2D eigenvalue weighted by Crippen LogP contribution is 2.66. The van der Waals surface area contributed by atoms with E-state index in [0.29, 0.717) is 32.7 Å². The molecule has 3 aliphatic rings. The van der Waals surface area contributed by atoms with Crippen molar-refractivity contribution in [2.24, 2.45) is 11.8 Å². The van der Waals surface area contributed by atoms with Crippen LogP contribution in [-0.2, 0) is 14.4 Å². The maximum absolute atomic E-state index is 14.3. The van der Waals surface area contributed by atoms with Gasteiger partial charge in [0, 0.05) is 44.6 Å². The van der Waals surface area contributed by atoms with Gasteiger partial charge in [0.1, 0.15) is 6.04 Å². The van der Waals surface area contributed by atoms with E-state index in [4.69, 9.17) is 5.11 Å². The largest absolute Gasteiger partial charge is 0.396 e. The molecular formula is C30H49N3O4S. The van der Waals surface area contributed by atoms with Gasteiger partial charge in [0.2, 0.25) is 17.7 Å². The number of fused-ring (bicyclic) bond motifs is 1. The lowest BCUT2D eigenvalue weighted by atomic mass is 9.70. The van der Waals surface area contributed by atoms with E-state index in [0.717, 1.165) is 64.2 Å². The van der Waals surface area contributed by atoms with E-state index in [1.165, 1.54) is 0 Å². The molecule has 0 aromatic heterocycles. The zero-order valence-corrected chi connectivity index (χ0v) is 24.4. The van der Waals surface area contributed by atoms with Crippen LogP contribution in [0.15, 0.2) is 25.3 Å². The second-order valence-electron chi connectivity index (χ2n) is 11.1. The average Bonchev–Trinajstić information content (AvgIpc) is 3.55. The van der Waals surface area contributed by atoms with E-state index >= 15 is 0 Å². The molecule has 0 aromatic carbocycles. The predicted molar refractivity (Wildman–Crippen MR) is 155 cm³/mol. The summed E-state index contributed by atoms with van der Waals surface area (Å²) < 4.78 is -0.541. The lowest BCUT2D eigenvalue weighted by Crippen LogP contribution is -2.55. The van der Waals surface area contributed by atoms with Crippen molar-refractivity contribution < 1.29 is 19.5 Å². The molecule has 38 heavy (non-hydrogen) atoms. The summed E-state index contributed by atoms with van der Waals surface area (Å²) in [6, 6.07) is -0.536. The number of thioether (sulfide) groups is 1. The number of hydrogen-bond donors (Lipinski definition) is 1. The van der Waals surface area contributed by atoms with Crippen LogP contribution in [0.3, 0.4) is 0 Å². The van der Waals surface area contributed by atoms with Crippen LogP contribution in [0.25, 0.3) is 0 Å². The topological polar surface area (TPSA) is 81.2 Å². The number of amides is 3. The molecule has 3 saturated heterocycles. The fourth-order valence-corrected chi connectivity index (χ4v) is 9.01. The Bertz CT molecular complexity index is 851. The maximum Gasteiger partial charge on any atom is 0.247 e. The first-order chi connectivity index (χ1) is 18.4. The van der Waals surface area contributed by atoms with Crippen LogP contribution in [-0.4, -0.2) is 92.9 Å². The van der Waals surface area contributed by atoms with Gasteiger partial charge in [-0.25, -0.2) is 0 Å². The minimum atomic E-state index is -0.541. The number of carbonyl (C=O) groups excluding carboxylic acids is 3. The number of aliphatic hydroxyl groups is 1. The number of aliphatic hydroxyl groups excluding tert-OH is 1. The highest BCUT2D eigenvalue weighted by molar-refractivity contribution is 8.02. The normalized spacial score (nSPS) is 27.4. The standard InChI is InChI=1S/C30H49N3O4S/c1-5-9-12-20-32(19-8-4)29(37)26-30-16-15-23(38-30)24(27(35)31(17-6-2)18-7-3)25(30)28(36)33(26)21-13-10-11-14-22-34/h6,8,23-26,34H,2,4-5,7,9-22H2,1,3H3/t23-,24+,25-,26?,30?/m0/s1. The van der Waals surface area contributed by atoms with Crippen LogP contribution in [0.5, 0.6) is 0 Å². The number of nitrogens with zero attached hydrogens (tertiary/aromatic N) is 3. The molecule has 8 heteroatoms. The van der Waals surface area contributed by atoms with Crippen LogP contribution in [0.4, 0.5) is 0 Å². The van der Waals surface area contributed by atoms with Gasteiger partial charge in [-0.2, -0.15) is 0 Å². The molecule has 0 radical (unpaired) electrons. The van der Waals surface area contributed by atoms with Gasteiger partial charge in [-0.15, -0.1) is 24.9 Å². The molecule has 7 nitrogen and oxygen atoms in total. The van der Waals surface area contributed by atoms with Crippen molar-refractivity contribution in [2.45, 2.75) is 94.1 Å². The molecule has 2 unspecified atom stereocenters. The molecule has 1 N–H and O–H groups in total. The van der Waals surface area contributed by atoms with Gasteiger partial charge in [-0.05, 0) is 38.5 Å². The van der Waals surface area contributed by atoms with Gasteiger partial charge in [0.15, 0.2) is 0 Å². The first-order valence-corrected chi connectivity index (χ1v) is 15.7. The molecule has 3 heterocycles. The van der Waals surface area contributed by atoms with E-state index in [1.54, 1.807) is 23.9 Å². The van der Waals surface area contributed by atoms with Crippen molar-refractivity contribution in [1.29, 1.82) is 0 Å². The molecule has 214 valence electrons. The molecule has 3 rings (SSSR count). The highest BCUT2D eigenvalue weighted by atomic mass is 32.2. The molecule has 0 aliphatic carbocycles. The Hall–Kier alpha value is -1.80. The van der Waals surface area contributed by atoms with Crippen molar-refractivity contribution in [2.75, 3.05) is 39.3 Å². The third kappa shape index (κ3) is 6.16. The van der Waals surface area contributed by atoms with Gasteiger partial charge >= 0.3 is 0 Å². The molecule has 5 atom stereocenters. The van der Waals surface area contributed by atoms with Gasteiger partial charge in [-0.3, -0.25) is 14.4 Å². The lowest BCUT2D eigenvalue weighted by Gasteiger charge is -2.37. The van der Waals surface area contributed by atoms with Crippen molar-refractivity contribution in [3.05, 3.63) is 25.3 Å². The van der Waals surface area contributed by atoms with E-state index in [1.807, 2.05) is 14.7 Å². The first kappa shape index (κ1) is 30.7.